The monoisotopic (exact) mass is 475 g/mol. The zero-order chi connectivity index (χ0) is 25.0. The van der Waals surface area contributed by atoms with Crippen LogP contribution >= 0.6 is 0 Å². The molecule has 0 radical (unpaired) electrons. The summed E-state index contributed by atoms with van der Waals surface area (Å²) in [5.41, 5.74) is 2.67. The Hall–Kier alpha value is -4.15. The maximum absolute atomic E-state index is 14.0. The summed E-state index contributed by atoms with van der Waals surface area (Å²) < 4.78 is 24.7. The third-order valence-corrected chi connectivity index (χ3v) is 5.24. The molecule has 180 valence electrons. The van der Waals surface area contributed by atoms with E-state index in [4.69, 9.17) is 14.6 Å². The van der Waals surface area contributed by atoms with E-state index in [0.717, 1.165) is 17.5 Å². The van der Waals surface area contributed by atoms with Crippen molar-refractivity contribution >= 4 is 11.7 Å². The molecule has 0 aliphatic heterocycles. The number of carbonyl (C=O) groups is 1. The molecule has 0 heterocycles. The lowest BCUT2D eigenvalue weighted by Gasteiger charge is -2.10. The van der Waals surface area contributed by atoms with Crippen LogP contribution in [0.2, 0.25) is 0 Å². The predicted molar refractivity (Wildman–Crippen MR) is 130 cm³/mol. The van der Waals surface area contributed by atoms with Gasteiger partial charge < -0.3 is 19.8 Å². The minimum Gasteiger partial charge on any atom is -0.494 e. The highest BCUT2D eigenvalue weighted by atomic mass is 19.1. The van der Waals surface area contributed by atoms with E-state index in [1.54, 1.807) is 42.5 Å². The molecule has 3 aromatic carbocycles. The number of rotatable bonds is 10. The highest BCUT2D eigenvalue weighted by Crippen LogP contribution is 2.18. The van der Waals surface area contributed by atoms with Gasteiger partial charge in [-0.1, -0.05) is 41.3 Å². The molecule has 3 rings (SSSR count). The summed E-state index contributed by atoms with van der Waals surface area (Å²) >= 11 is 0. The molecule has 0 aliphatic carbocycles. The molecule has 0 amide bonds. The first-order valence-electron chi connectivity index (χ1n) is 11.1. The molecule has 0 aliphatic rings. The van der Waals surface area contributed by atoms with Crippen molar-refractivity contribution in [3.8, 4) is 17.6 Å². The van der Waals surface area contributed by atoms with Gasteiger partial charge in [-0.25, -0.2) is 9.18 Å². The van der Waals surface area contributed by atoms with E-state index in [0.29, 0.717) is 30.8 Å². The number of hydrogen-bond donors (Lipinski definition) is 2. The molecule has 0 saturated carbocycles. The fourth-order valence-electron chi connectivity index (χ4n) is 3.35. The van der Waals surface area contributed by atoms with Gasteiger partial charge in [0.1, 0.15) is 17.3 Å². The third-order valence-electron chi connectivity index (χ3n) is 5.24. The lowest BCUT2D eigenvalue weighted by molar-refractivity contribution is -0.148. The Kier molecular flexibility index (Phi) is 9.40. The highest BCUT2D eigenvalue weighted by molar-refractivity contribution is 6.12. The number of unbranched alkanes of at least 4 members (excludes halogenated alkanes) is 1. The summed E-state index contributed by atoms with van der Waals surface area (Å²) in [4.78, 5) is 11.1. The van der Waals surface area contributed by atoms with Crippen molar-refractivity contribution in [1.29, 1.82) is 0 Å². The molecular formula is C28H26FNO5. The predicted octanol–water partition coefficient (Wildman–Crippen LogP) is 4.91. The molecule has 0 spiro atoms. The second kappa shape index (κ2) is 12.9. The van der Waals surface area contributed by atoms with E-state index in [2.05, 4.69) is 17.0 Å². The Balaban J connectivity index is 1.45. The molecule has 0 bridgehead atoms. The number of oxime groups is 1. The van der Waals surface area contributed by atoms with Gasteiger partial charge in [-0.3, -0.25) is 0 Å². The molecule has 0 fully saturated rings. The molecule has 35 heavy (non-hydrogen) atoms. The smallest absolute Gasteiger partial charge is 0.333 e. The van der Waals surface area contributed by atoms with E-state index >= 15 is 0 Å². The van der Waals surface area contributed by atoms with Crippen LogP contribution in [-0.2, 0) is 16.0 Å². The lowest BCUT2D eigenvalue weighted by atomic mass is 10.0. The van der Waals surface area contributed by atoms with Crippen LogP contribution in [0.4, 0.5) is 4.39 Å². The molecule has 7 heteroatoms. The summed E-state index contributed by atoms with van der Waals surface area (Å²) in [6.45, 7) is 0.481. The molecule has 3 aromatic rings. The van der Waals surface area contributed by atoms with Crippen LogP contribution in [0.25, 0.3) is 0 Å². The highest BCUT2D eigenvalue weighted by Gasteiger charge is 2.16. The molecule has 0 aromatic heterocycles. The third kappa shape index (κ3) is 7.42. The van der Waals surface area contributed by atoms with E-state index in [-0.39, 0.29) is 11.3 Å². The van der Waals surface area contributed by atoms with Gasteiger partial charge in [0, 0.05) is 36.6 Å². The normalized spacial score (nSPS) is 11.9. The van der Waals surface area contributed by atoms with Gasteiger partial charge >= 0.3 is 5.97 Å². The second-order valence-corrected chi connectivity index (χ2v) is 7.67. The first kappa shape index (κ1) is 25.5. The molecule has 6 nitrogen and oxygen atoms in total. The maximum Gasteiger partial charge on any atom is 0.333 e. The van der Waals surface area contributed by atoms with Crippen molar-refractivity contribution in [1.82, 2.24) is 0 Å². The number of hydrogen-bond acceptors (Lipinski definition) is 5. The molecule has 0 saturated heterocycles. The summed E-state index contributed by atoms with van der Waals surface area (Å²) in [6.07, 6.45) is 0.827. The summed E-state index contributed by atoms with van der Waals surface area (Å²) in [5.74, 6) is 5.40. The topological polar surface area (TPSA) is 88.4 Å². The van der Waals surface area contributed by atoms with Crippen molar-refractivity contribution in [2.45, 2.75) is 25.4 Å². The summed E-state index contributed by atoms with van der Waals surface area (Å²) in [7, 11) is 1.38. The zero-order valence-corrected chi connectivity index (χ0v) is 19.3. The number of benzene rings is 3. The van der Waals surface area contributed by atoms with E-state index in [9.17, 15) is 14.4 Å². The van der Waals surface area contributed by atoms with E-state index in [1.807, 2.05) is 24.3 Å². The Bertz CT molecular complexity index is 1210. The van der Waals surface area contributed by atoms with Crippen LogP contribution in [0, 0.1) is 17.7 Å². The Labute approximate surface area is 203 Å². The summed E-state index contributed by atoms with van der Waals surface area (Å²) in [6, 6.07) is 20.5. The van der Waals surface area contributed by atoms with Gasteiger partial charge in [-0.2, -0.15) is 0 Å². The average Bonchev–Trinajstić information content (AvgIpc) is 2.87. The van der Waals surface area contributed by atoms with Crippen LogP contribution < -0.4 is 4.74 Å². The van der Waals surface area contributed by atoms with E-state index < -0.39 is 17.9 Å². The fraction of sp³-hybridized carbons (Fsp3) is 0.214. The number of carboxylic acids is 1. The van der Waals surface area contributed by atoms with Crippen LogP contribution in [-0.4, -0.2) is 41.8 Å². The maximum atomic E-state index is 14.0. The van der Waals surface area contributed by atoms with Crippen LogP contribution in [0.15, 0.2) is 78.0 Å². The van der Waals surface area contributed by atoms with Crippen molar-refractivity contribution in [3.05, 3.63) is 101 Å². The number of aliphatic carboxylic acids is 1. The number of methoxy groups -OCH3 is 1. The Morgan fingerprint density at radius 2 is 1.77 bits per heavy atom. The minimum atomic E-state index is -0.985. The van der Waals surface area contributed by atoms with Gasteiger partial charge in [0.05, 0.1) is 6.61 Å². The van der Waals surface area contributed by atoms with Gasteiger partial charge in [0.25, 0.3) is 0 Å². The Morgan fingerprint density at radius 1 is 1.06 bits per heavy atom. The average molecular weight is 476 g/mol. The van der Waals surface area contributed by atoms with Gasteiger partial charge in [0.2, 0.25) is 0 Å². The first-order chi connectivity index (χ1) is 17.0. The number of nitrogens with zero attached hydrogens (tertiary/aromatic N) is 1. The largest absolute Gasteiger partial charge is 0.494 e. The van der Waals surface area contributed by atoms with Crippen molar-refractivity contribution < 1.29 is 29.0 Å². The second-order valence-electron chi connectivity index (χ2n) is 7.67. The first-order valence-corrected chi connectivity index (χ1v) is 11.1. The van der Waals surface area contributed by atoms with E-state index in [1.165, 1.54) is 13.2 Å². The van der Waals surface area contributed by atoms with Gasteiger partial charge in [0.15, 0.2) is 6.10 Å². The van der Waals surface area contributed by atoms with Gasteiger partial charge in [-0.05, 0) is 60.5 Å². The molecule has 2 N–H and O–H groups in total. The molecular weight excluding hydrogens is 449 g/mol. The number of halogens is 1. The zero-order valence-electron chi connectivity index (χ0n) is 19.3. The fourth-order valence-corrected chi connectivity index (χ4v) is 3.35. The van der Waals surface area contributed by atoms with Crippen molar-refractivity contribution in [2.75, 3.05) is 13.7 Å². The Morgan fingerprint density at radius 3 is 2.40 bits per heavy atom. The molecule has 1 atom stereocenters. The SMILES string of the molecule is CO[C@@H](Cc1ccc(C#CCCCOc2ccc(/C(=N\O)c3ccccc3F)cc2)cc1)C(=O)O. The van der Waals surface area contributed by atoms with Gasteiger partial charge in [-0.15, -0.1) is 0 Å². The quantitative estimate of drug-likeness (QED) is 0.143. The van der Waals surface area contributed by atoms with Crippen LogP contribution in [0.1, 0.15) is 35.1 Å². The van der Waals surface area contributed by atoms with Crippen molar-refractivity contribution in [3.63, 3.8) is 0 Å². The van der Waals surface area contributed by atoms with Crippen LogP contribution in [0.5, 0.6) is 5.75 Å². The number of carboxylic acid groups (broad SMARTS) is 1. The van der Waals surface area contributed by atoms with Crippen molar-refractivity contribution in [2.24, 2.45) is 5.16 Å². The lowest BCUT2D eigenvalue weighted by Crippen LogP contribution is -2.24. The number of ether oxygens (including phenoxy) is 2. The minimum absolute atomic E-state index is 0.151. The standard InChI is InChI=1S/C28H26FNO5/c1-34-26(28(31)32)19-21-12-10-20(11-13-21)7-3-2-6-18-35-23-16-14-22(15-17-23)27(30-33)24-8-4-5-9-25(24)29/h4-5,8-17,26,33H,2,6,18-19H2,1H3,(H,31,32)/b30-27+/t26-/m0/s1. The molecule has 0 unspecified atom stereocenters. The summed E-state index contributed by atoms with van der Waals surface area (Å²) in [5, 5.41) is 21.7. The van der Waals surface area contributed by atoms with Crippen LogP contribution in [0.3, 0.4) is 0 Å².